The van der Waals surface area contributed by atoms with Gasteiger partial charge < -0.3 is 31.5 Å². The third-order valence-electron chi connectivity index (χ3n) is 6.83. The van der Waals surface area contributed by atoms with Gasteiger partial charge in [0.1, 0.15) is 30.2 Å². The molecule has 240 valence electrons. The average molecular weight is 627 g/mol. The van der Waals surface area contributed by atoms with Gasteiger partial charge in [-0.2, -0.15) is 0 Å². The van der Waals surface area contributed by atoms with Crippen molar-refractivity contribution >= 4 is 34.7 Å². The van der Waals surface area contributed by atoms with Crippen molar-refractivity contribution in [3.05, 3.63) is 102 Å². The predicted octanol–water partition coefficient (Wildman–Crippen LogP) is 2.30. The smallest absolute Gasteiger partial charge is 0.272 e. The van der Waals surface area contributed by atoms with Gasteiger partial charge in [0.15, 0.2) is 0 Å². The van der Waals surface area contributed by atoms with E-state index in [4.69, 9.17) is 10.5 Å². The van der Waals surface area contributed by atoms with Crippen LogP contribution in [0, 0.1) is 0 Å². The fraction of sp³-hybridized carbons (Fsp3) is 0.294. The van der Waals surface area contributed by atoms with Crippen molar-refractivity contribution in [2.75, 3.05) is 6.61 Å². The number of para-hydroxylation sites is 3. The van der Waals surface area contributed by atoms with E-state index in [-0.39, 0.29) is 35.9 Å². The van der Waals surface area contributed by atoms with Gasteiger partial charge in [0.05, 0.1) is 35.3 Å². The molecule has 0 spiro atoms. The van der Waals surface area contributed by atoms with Crippen LogP contribution in [0.25, 0.3) is 11.0 Å². The molecule has 0 unspecified atom stereocenters. The third-order valence-corrected chi connectivity index (χ3v) is 6.83. The lowest BCUT2D eigenvalue weighted by atomic mass is 10.0. The van der Waals surface area contributed by atoms with E-state index in [1.165, 1.54) is 6.20 Å². The summed E-state index contributed by atoms with van der Waals surface area (Å²) in [4.78, 5) is 59.9. The van der Waals surface area contributed by atoms with Crippen LogP contribution in [0.4, 0.5) is 0 Å². The fourth-order valence-corrected chi connectivity index (χ4v) is 4.62. The lowest BCUT2D eigenvalue weighted by Gasteiger charge is -2.27. The number of nitrogens with one attached hydrogen (secondary N) is 3. The minimum Gasteiger partial charge on any atom is -0.490 e. The number of aliphatic hydroxyl groups excluding tert-OH is 1. The zero-order chi connectivity index (χ0) is 33.3. The van der Waals surface area contributed by atoms with Gasteiger partial charge >= 0.3 is 0 Å². The second-order valence-corrected chi connectivity index (χ2v) is 11.8. The molecule has 4 amide bonds. The standard InChI is InChI=1S/C34H38N6O6/c1-34(2,3)40-31(43)22-13-7-10-16-29(22)46-20-28(41)25(17-21-11-5-4-6-12-21)38-32(44)26(18-30(35)42)39-33(45)27-19-36-23-14-8-9-15-24(23)37-27/h4-16,19,25-26,28,41H,17-18,20H2,1-3H3,(H2,35,42)(H,38,44)(H,39,45)(H,40,43)/t25-,26-,28-/m0/s1. The molecular weight excluding hydrogens is 588 g/mol. The van der Waals surface area contributed by atoms with Crippen molar-refractivity contribution in [3.8, 4) is 5.75 Å². The van der Waals surface area contributed by atoms with Gasteiger partial charge in [-0.05, 0) is 57.0 Å². The maximum absolute atomic E-state index is 13.5. The minimum atomic E-state index is -1.37. The van der Waals surface area contributed by atoms with Crippen molar-refractivity contribution in [1.82, 2.24) is 25.9 Å². The van der Waals surface area contributed by atoms with Crippen LogP contribution in [-0.2, 0) is 16.0 Å². The number of fused-ring (bicyclic) bond motifs is 1. The first-order chi connectivity index (χ1) is 21.9. The molecule has 4 rings (SSSR count). The summed E-state index contributed by atoms with van der Waals surface area (Å²) in [6.45, 7) is 5.30. The summed E-state index contributed by atoms with van der Waals surface area (Å²) in [5, 5.41) is 19.5. The Kier molecular flexibility index (Phi) is 11.0. The van der Waals surface area contributed by atoms with Gasteiger partial charge in [-0.15, -0.1) is 0 Å². The van der Waals surface area contributed by atoms with Crippen LogP contribution in [0.3, 0.4) is 0 Å². The van der Waals surface area contributed by atoms with Gasteiger partial charge in [-0.3, -0.25) is 24.2 Å². The van der Waals surface area contributed by atoms with Gasteiger partial charge in [0.2, 0.25) is 11.8 Å². The third kappa shape index (κ3) is 9.57. The maximum Gasteiger partial charge on any atom is 0.272 e. The van der Waals surface area contributed by atoms with Crippen molar-refractivity contribution in [2.24, 2.45) is 5.73 Å². The van der Waals surface area contributed by atoms with E-state index < -0.39 is 47.9 Å². The number of hydrogen-bond acceptors (Lipinski definition) is 8. The zero-order valence-electron chi connectivity index (χ0n) is 25.9. The Balaban J connectivity index is 1.51. The molecular formula is C34H38N6O6. The van der Waals surface area contributed by atoms with Gasteiger partial charge in [-0.1, -0.05) is 54.6 Å². The lowest BCUT2D eigenvalue weighted by Crippen LogP contribution is -2.55. The number of rotatable bonds is 13. The van der Waals surface area contributed by atoms with Crippen molar-refractivity contribution in [3.63, 3.8) is 0 Å². The molecule has 4 aromatic rings. The average Bonchev–Trinajstić information content (AvgIpc) is 3.02. The van der Waals surface area contributed by atoms with Crippen molar-refractivity contribution < 1.29 is 29.0 Å². The number of benzene rings is 3. The molecule has 0 aliphatic carbocycles. The number of nitrogens with zero attached hydrogens (tertiary/aromatic N) is 2. The highest BCUT2D eigenvalue weighted by molar-refractivity contribution is 5.98. The molecule has 1 heterocycles. The summed E-state index contributed by atoms with van der Waals surface area (Å²) < 4.78 is 5.90. The van der Waals surface area contributed by atoms with Crippen molar-refractivity contribution in [2.45, 2.75) is 57.3 Å². The van der Waals surface area contributed by atoms with Gasteiger partial charge in [0, 0.05) is 5.54 Å². The van der Waals surface area contributed by atoms with Crippen LogP contribution in [-0.4, -0.2) is 69.0 Å². The number of aromatic nitrogens is 2. The highest BCUT2D eigenvalue weighted by Crippen LogP contribution is 2.20. The summed E-state index contributed by atoms with van der Waals surface area (Å²) in [7, 11) is 0. The molecule has 0 saturated carbocycles. The molecule has 46 heavy (non-hydrogen) atoms. The monoisotopic (exact) mass is 626 g/mol. The Hall–Kier alpha value is -5.36. The van der Waals surface area contributed by atoms with E-state index in [2.05, 4.69) is 25.9 Å². The Labute approximate surface area is 266 Å². The highest BCUT2D eigenvalue weighted by Gasteiger charge is 2.30. The van der Waals surface area contributed by atoms with E-state index in [9.17, 15) is 24.3 Å². The fourth-order valence-electron chi connectivity index (χ4n) is 4.62. The number of aliphatic hydroxyl groups is 1. The Morgan fingerprint density at radius 1 is 0.870 bits per heavy atom. The first-order valence-corrected chi connectivity index (χ1v) is 14.8. The molecule has 1 aromatic heterocycles. The second kappa shape index (κ2) is 15.1. The van der Waals surface area contributed by atoms with Crippen LogP contribution >= 0.6 is 0 Å². The van der Waals surface area contributed by atoms with E-state index in [0.29, 0.717) is 11.0 Å². The Morgan fingerprint density at radius 3 is 2.22 bits per heavy atom. The van der Waals surface area contributed by atoms with Crippen LogP contribution in [0.2, 0.25) is 0 Å². The lowest BCUT2D eigenvalue weighted by molar-refractivity contribution is -0.128. The predicted molar refractivity (Wildman–Crippen MR) is 172 cm³/mol. The number of primary amides is 1. The van der Waals surface area contributed by atoms with Crippen molar-refractivity contribution in [1.29, 1.82) is 0 Å². The molecule has 0 radical (unpaired) electrons. The molecule has 6 N–H and O–H groups in total. The number of ether oxygens (including phenoxy) is 1. The highest BCUT2D eigenvalue weighted by atomic mass is 16.5. The van der Waals surface area contributed by atoms with Gasteiger partial charge in [-0.25, -0.2) is 4.98 Å². The Bertz CT molecular complexity index is 1690. The van der Waals surface area contributed by atoms with Crippen LogP contribution < -0.4 is 26.4 Å². The van der Waals surface area contributed by atoms with E-state index in [1.807, 2.05) is 51.1 Å². The summed E-state index contributed by atoms with van der Waals surface area (Å²) in [5.74, 6) is -2.38. The molecule has 0 bridgehead atoms. The summed E-state index contributed by atoms with van der Waals surface area (Å²) >= 11 is 0. The SMILES string of the molecule is CC(C)(C)NC(=O)c1ccccc1OC[C@H](O)[C@H](Cc1ccccc1)NC(=O)[C@H](CC(N)=O)NC(=O)c1cnc2ccccc2n1. The summed E-state index contributed by atoms with van der Waals surface area (Å²) in [6, 6.07) is 20.5. The van der Waals surface area contributed by atoms with Crippen LogP contribution in [0.15, 0.2) is 85.1 Å². The molecule has 0 aliphatic rings. The Morgan fingerprint density at radius 2 is 1.52 bits per heavy atom. The summed E-state index contributed by atoms with van der Waals surface area (Å²) in [5.41, 5.74) is 7.05. The molecule has 0 fully saturated rings. The minimum absolute atomic E-state index is 0.0515. The number of carbonyl (C=O) groups is 4. The topological polar surface area (TPSA) is 186 Å². The van der Waals surface area contributed by atoms with Crippen LogP contribution in [0.1, 0.15) is 53.6 Å². The van der Waals surface area contributed by atoms with E-state index in [1.54, 1.807) is 48.5 Å². The van der Waals surface area contributed by atoms with Gasteiger partial charge in [0.25, 0.3) is 11.8 Å². The largest absolute Gasteiger partial charge is 0.490 e. The number of hydrogen-bond donors (Lipinski definition) is 5. The number of nitrogens with two attached hydrogens (primary N) is 1. The molecule has 12 heteroatoms. The maximum atomic E-state index is 13.5. The second-order valence-electron chi connectivity index (χ2n) is 11.8. The first kappa shape index (κ1) is 33.5. The quantitative estimate of drug-likeness (QED) is 0.150. The molecule has 3 atom stereocenters. The normalized spacial score (nSPS) is 13.2. The molecule has 0 aliphatic heterocycles. The molecule has 3 aromatic carbocycles. The van der Waals surface area contributed by atoms with E-state index in [0.717, 1.165) is 5.56 Å². The van der Waals surface area contributed by atoms with E-state index >= 15 is 0 Å². The molecule has 12 nitrogen and oxygen atoms in total. The summed E-state index contributed by atoms with van der Waals surface area (Å²) in [6.07, 6.45) is -0.300. The number of amides is 4. The first-order valence-electron chi connectivity index (χ1n) is 14.8. The number of carbonyl (C=O) groups excluding carboxylic acids is 4. The van der Waals surface area contributed by atoms with Crippen LogP contribution in [0.5, 0.6) is 5.75 Å². The zero-order valence-corrected chi connectivity index (χ0v) is 25.9. The molecule has 0 saturated heterocycles.